The summed E-state index contributed by atoms with van der Waals surface area (Å²) in [5.41, 5.74) is 3.30. The molecule has 0 aliphatic carbocycles. The third-order valence-electron chi connectivity index (χ3n) is 5.41. The average molecular weight is 467 g/mol. The number of benzene rings is 3. The molecular weight excluding hydrogens is 436 g/mol. The van der Waals surface area contributed by atoms with Crippen LogP contribution in [0, 0.1) is 6.92 Å². The molecule has 6 nitrogen and oxygen atoms in total. The van der Waals surface area contributed by atoms with Gasteiger partial charge < -0.3 is 10.1 Å². The molecule has 174 valence electrons. The Morgan fingerprint density at radius 2 is 1.58 bits per heavy atom. The van der Waals surface area contributed by atoms with Gasteiger partial charge in [0, 0.05) is 0 Å². The van der Waals surface area contributed by atoms with E-state index in [1.165, 1.54) is 0 Å². The average Bonchev–Trinajstić information content (AvgIpc) is 2.79. The first-order chi connectivity index (χ1) is 15.7. The molecule has 3 rings (SSSR count). The van der Waals surface area contributed by atoms with E-state index in [4.69, 9.17) is 4.74 Å². The Balaban J connectivity index is 1.94. The normalized spacial score (nSPS) is 13.1. The number of sulfonamides is 1. The molecule has 0 bridgehead atoms. The largest absolute Gasteiger partial charge is 0.494 e. The van der Waals surface area contributed by atoms with Crippen molar-refractivity contribution in [2.45, 2.75) is 32.9 Å². The first-order valence-corrected chi connectivity index (χ1v) is 12.7. The molecule has 33 heavy (non-hydrogen) atoms. The van der Waals surface area contributed by atoms with Gasteiger partial charge in [0.1, 0.15) is 11.8 Å². The number of aryl methyl sites for hydroxylation is 1. The van der Waals surface area contributed by atoms with Crippen molar-refractivity contribution in [3.63, 3.8) is 0 Å². The molecule has 0 aliphatic heterocycles. The lowest BCUT2D eigenvalue weighted by molar-refractivity contribution is -0.122. The third kappa shape index (κ3) is 5.93. The zero-order valence-electron chi connectivity index (χ0n) is 19.4. The Bertz CT molecular complexity index is 1180. The molecule has 0 fully saturated rings. The van der Waals surface area contributed by atoms with Crippen molar-refractivity contribution < 1.29 is 17.9 Å². The van der Waals surface area contributed by atoms with Crippen LogP contribution in [0.5, 0.6) is 5.75 Å². The van der Waals surface area contributed by atoms with Crippen molar-refractivity contribution in [2.75, 3.05) is 17.2 Å². The van der Waals surface area contributed by atoms with Crippen molar-refractivity contribution in [1.82, 2.24) is 5.32 Å². The first kappa shape index (κ1) is 24.3. The van der Waals surface area contributed by atoms with E-state index in [1.54, 1.807) is 31.2 Å². The van der Waals surface area contributed by atoms with Gasteiger partial charge in [0.05, 0.1) is 24.6 Å². The molecule has 0 radical (unpaired) electrons. The Labute approximate surface area is 196 Å². The molecule has 0 unspecified atom stereocenters. The molecule has 1 N–H and O–H groups in total. The van der Waals surface area contributed by atoms with Crippen LogP contribution in [0.1, 0.15) is 36.6 Å². The van der Waals surface area contributed by atoms with Crippen molar-refractivity contribution in [3.8, 4) is 5.75 Å². The van der Waals surface area contributed by atoms with Crippen molar-refractivity contribution in [1.29, 1.82) is 0 Å². The van der Waals surface area contributed by atoms with E-state index in [2.05, 4.69) is 5.32 Å². The smallest absolute Gasteiger partial charge is 0.244 e. The summed E-state index contributed by atoms with van der Waals surface area (Å²) in [6.07, 6.45) is 1.10. The minimum absolute atomic E-state index is 0.397. The zero-order chi connectivity index (χ0) is 24.0. The highest BCUT2D eigenvalue weighted by molar-refractivity contribution is 7.92. The molecule has 0 aliphatic rings. The summed E-state index contributed by atoms with van der Waals surface area (Å²) < 4.78 is 32.0. The summed E-state index contributed by atoms with van der Waals surface area (Å²) in [6, 6.07) is 22.8. The monoisotopic (exact) mass is 466 g/mol. The Morgan fingerprint density at radius 3 is 2.15 bits per heavy atom. The van der Waals surface area contributed by atoms with Gasteiger partial charge in [-0.05, 0) is 61.7 Å². The van der Waals surface area contributed by atoms with Crippen LogP contribution in [0.3, 0.4) is 0 Å². The van der Waals surface area contributed by atoms with Crippen molar-refractivity contribution in [3.05, 3.63) is 95.6 Å². The van der Waals surface area contributed by atoms with Gasteiger partial charge in [-0.1, -0.05) is 54.6 Å². The number of rotatable bonds is 9. The number of hydrogen-bond donors (Lipinski definition) is 1. The topological polar surface area (TPSA) is 75.7 Å². The predicted molar refractivity (Wildman–Crippen MR) is 132 cm³/mol. The van der Waals surface area contributed by atoms with Gasteiger partial charge in [-0.3, -0.25) is 9.10 Å². The molecule has 3 aromatic rings. The van der Waals surface area contributed by atoms with Crippen LogP contribution in [-0.2, 0) is 14.8 Å². The quantitative estimate of drug-likeness (QED) is 0.505. The molecule has 0 heterocycles. The number of ether oxygens (including phenoxy) is 1. The number of hydrogen-bond acceptors (Lipinski definition) is 4. The summed E-state index contributed by atoms with van der Waals surface area (Å²) in [4.78, 5) is 13.4. The van der Waals surface area contributed by atoms with E-state index < -0.39 is 28.0 Å². The molecule has 7 heteroatoms. The predicted octanol–water partition coefficient (Wildman–Crippen LogP) is 4.45. The third-order valence-corrected chi connectivity index (χ3v) is 6.65. The molecule has 1 amide bonds. The molecule has 3 aromatic carbocycles. The fraction of sp³-hybridized carbons (Fsp3) is 0.269. The number of carbonyl (C=O) groups excluding carboxylic acids is 1. The maximum Gasteiger partial charge on any atom is 0.244 e. The first-order valence-electron chi connectivity index (χ1n) is 10.9. The Morgan fingerprint density at radius 1 is 0.970 bits per heavy atom. The fourth-order valence-corrected chi connectivity index (χ4v) is 5.00. The highest BCUT2D eigenvalue weighted by atomic mass is 32.2. The minimum atomic E-state index is -3.73. The van der Waals surface area contributed by atoms with E-state index >= 15 is 0 Å². The number of anilines is 1. The van der Waals surface area contributed by atoms with Gasteiger partial charge in [-0.15, -0.1) is 0 Å². The van der Waals surface area contributed by atoms with Crippen molar-refractivity contribution in [2.24, 2.45) is 0 Å². The SMILES string of the molecule is CCOc1ccc(N([C@@H](C)C(=O)N[C@H](c2ccccc2)c2ccccc2C)S(C)(=O)=O)cc1. The fourth-order valence-electron chi connectivity index (χ4n) is 3.82. The number of nitrogens with zero attached hydrogens (tertiary/aromatic N) is 1. The maximum absolute atomic E-state index is 13.4. The van der Waals surface area contributed by atoms with Gasteiger partial charge in [-0.25, -0.2) is 8.42 Å². The van der Waals surface area contributed by atoms with Gasteiger partial charge >= 0.3 is 0 Å². The summed E-state index contributed by atoms with van der Waals surface area (Å²) in [5, 5.41) is 3.07. The van der Waals surface area contributed by atoms with Crippen LogP contribution in [0.4, 0.5) is 5.69 Å². The van der Waals surface area contributed by atoms with Gasteiger partial charge in [0.15, 0.2) is 0 Å². The number of carbonyl (C=O) groups is 1. The molecular formula is C26H30N2O4S. The van der Waals surface area contributed by atoms with E-state index in [9.17, 15) is 13.2 Å². The van der Waals surface area contributed by atoms with Crippen molar-refractivity contribution >= 4 is 21.6 Å². The van der Waals surface area contributed by atoms with Gasteiger partial charge in [0.2, 0.25) is 15.9 Å². The summed E-state index contributed by atoms with van der Waals surface area (Å²) >= 11 is 0. The van der Waals surface area contributed by atoms with E-state index in [1.807, 2.05) is 68.4 Å². The highest BCUT2D eigenvalue weighted by Crippen LogP contribution is 2.27. The van der Waals surface area contributed by atoms with E-state index in [-0.39, 0.29) is 0 Å². The molecule has 0 aromatic heterocycles. The minimum Gasteiger partial charge on any atom is -0.494 e. The van der Waals surface area contributed by atoms with Crippen LogP contribution >= 0.6 is 0 Å². The van der Waals surface area contributed by atoms with E-state index in [0.29, 0.717) is 18.0 Å². The van der Waals surface area contributed by atoms with Crippen LogP contribution in [0.2, 0.25) is 0 Å². The number of amides is 1. The molecule has 2 atom stereocenters. The van der Waals surface area contributed by atoms with Crippen LogP contribution in [0.25, 0.3) is 0 Å². The summed E-state index contributed by atoms with van der Waals surface area (Å²) in [7, 11) is -3.73. The molecule has 0 saturated carbocycles. The summed E-state index contributed by atoms with van der Waals surface area (Å²) in [6.45, 7) is 5.96. The lowest BCUT2D eigenvalue weighted by Gasteiger charge is -2.30. The second-order valence-electron chi connectivity index (χ2n) is 7.87. The number of nitrogens with one attached hydrogen (secondary N) is 1. The van der Waals surface area contributed by atoms with E-state index in [0.717, 1.165) is 27.3 Å². The van der Waals surface area contributed by atoms with Gasteiger partial charge in [0.25, 0.3) is 0 Å². The molecule has 0 saturated heterocycles. The second-order valence-corrected chi connectivity index (χ2v) is 9.73. The second kappa shape index (κ2) is 10.5. The lowest BCUT2D eigenvalue weighted by atomic mass is 9.94. The highest BCUT2D eigenvalue weighted by Gasteiger charge is 2.31. The standard InChI is InChI=1S/C26H30N2O4S/c1-5-32-23-17-15-22(16-18-23)28(33(4,30)31)20(3)26(29)27-25(21-12-7-6-8-13-21)24-14-10-9-11-19(24)2/h6-18,20,25H,5H2,1-4H3,(H,27,29)/t20-,25+/m0/s1. The van der Waals surface area contributed by atoms with Crippen LogP contribution in [0.15, 0.2) is 78.9 Å². The van der Waals surface area contributed by atoms with Gasteiger partial charge in [-0.2, -0.15) is 0 Å². The lowest BCUT2D eigenvalue weighted by Crippen LogP contribution is -2.48. The zero-order valence-corrected chi connectivity index (χ0v) is 20.2. The Hall–Kier alpha value is -3.32. The van der Waals surface area contributed by atoms with Crippen LogP contribution in [-0.4, -0.2) is 33.2 Å². The Kier molecular flexibility index (Phi) is 7.76. The molecule has 0 spiro atoms. The summed E-state index contributed by atoms with van der Waals surface area (Å²) in [5.74, 6) is 0.238. The van der Waals surface area contributed by atoms with Crippen LogP contribution < -0.4 is 14.4 Å². The maximum atomic E-state index is 13.4.